The second-order valence-corrected chi connectivity index (χ2v) is 9.13. The zero-order chi connectivity index (χ0) is 13.6. The van der Waals surface area contributed by atoms with Gasteiger partial charge in [0.05, 0.1) is 0 Å². The molecule has 0 aliphatic carbocycles. The summed E-state index contributed by atoms with van der Waals surface area (Å²) >= 11 is 0. The highest BCUT2D eigenvalue weighted by atomic mass is 28.4. The zero-order valence-corrected chi connectivity index (χ0v) is 12.5. The van der Waals surface area contributed by atoms with Crippen molar-refractivity contribution in [2.45, 2.75) is 45.7 Å². The molecule has 0 amide bonds. The number of methoxy groups -OCH3 is 1. The van der Waals surface area contributed by atoms with E-state index in [1.165, 1.54) is 7.11 Å². The molecule has 0 aromatic rings. The fraction of sp³-hybridized carbons (Fsp3) is 0.818. The van der Waals surface area contributed by atoms with Crippen LogP contribution in [0.4, 0.5) is 0 Å². The molecule has 0 aliphatic rings. The maximum Gasteiger partial charge on any atom is 0.379 e. The molecule has 0 rings (SSSR count). The second kappa shape index (κ2) is 6.62. The average Bonchev–Trinajstić information content (AvgIpc) is 2.27. The minimum Gasteiger partial charge on any atom is -0.612 e. The Morgan fingerprint density at radius 2 is 1.76 bits per heavy atom. The minimum atomic E-state index is -2.64. The van der Waals surface area contributed by atoms with Crippen molar-refractivity contribution in [2.75, 3.05) is 13.7 Å². The predicted molar refractivity (Wildman–Crippen MR) is 66.7 cm³/mol. The molecule has 0 unspecified atom stereocenters. The molecule has 0 aliphatic heterocycles. The van der Waals surface area contributed by atoms with Crippen LogP contribution in [-0.2, 0) is 9.16 Å². The molecule has 0 aromatic heterocycles. The van der Waals surface area contributed by atoms with Gasteiger partial charge in [-0.1, -0.05) is 27.7 Å². The quantitative estimate of drug-likeness (QED) is 0.416. The Labute approximate surface area is 104 Å². The normalized spacial score (nSPS) is 13.6. The maximum atomic E-state index is 11.7. The average molecular weight is 258 g/mol. The molecule has 0 atom stereocenters. The lowest BCUT2D eigenvalue weighted by Crippen LogP contribution is -2.48. The van der Waals surface area contributed by atoms with Gasteiger partial charge < -0.3 is 14.3 Å². The van der Waals surface area contributed by atoms with Crippen LogP contribution < -0.4 is 5.11 Å². The summed E-state index contributed by atoms with van der Waals surface area (Å²) in [6, 6.07) is 0. The Kier molecular flexibility index (Phi) is 6.20. The number of hydrogen-bond acceptors (Lipinski definition) is 4. The highest BCUT2D eigenvalue weighted by molar-refractivity contribution is 6.83. The molecule has 17 heavy (non-hydrogen) atoms. The molecule has 0 spiro atoms. The number of diazo groups is 1. The van der Waals surface area contributed by atoms with E-state index in [0.717, 1.165) is 0 Å². The topological polar surface area (TPSA) is 69.7 Å². The summed E-state index contributed by atoms with van der Waals surface area (Å²) in [5, 5.41) is 20.9. The maximum absolute atomic E-state index is 11.7. The summed E-state index contributed by atoms with van der Waals surface area (Å²) in [6.45, 7) is 10.3. The summed E-state index contributed by atoms with van der Waals surface area (Å²) < 4.78 is 10.6. The first-order valence-corrected chi connectivity index (χ1v) is 7.89. The highest BCUT2D eigenvalue weighted by Crippen LogP contribution is 2.40. The summed E-state index contributed by atoms with van der Waals surface area (Å²) in [5.41, 5.74) is 0.236. The lowest BCUT2D eigenvalue weighted by molar-refractivity contribution is -0.354. The monoisotopic (exact) mass is 258 g/mol. The van der Waals surface area contributed by atoms with Crippen molar-refractivity contribution in [3.63, 3.8) is 0 Å². The molecule has 5 nitrogen and oxygen atoms in total. The largest absolute Gasteiger partial charge is 0.612 e. The van der Waals surface area contributed by atoms with Crippen molar-refractivity contribution in [1.29, 1.82) is 5.39 Å². The van der Waals surface area contributed by atoms with Crippen molar-refractivity contribution in [2.24, 2.45) is 0 Å². The third-order valence-corrected chi connectivity index (χ3v) is 8.19. The van der Waals surface area contributed by atoms with Crippen LogP contribution in [0.1, 0.15) is 34.6 Å². The van der Waals surface area contributed by atoms with Crippen LogP contribution in [-0.4, -0.2) is 22.0 Å². The van der Waals surface area contributed by atoms with Crippen molar-refractivity contribution < 1.29 is 14.3 Å². The van der Waals surface area contributed by atoms with E-state index in [-0.39, 0.29) is 16.4 Å². The summed E-state index contributed by atoms with van der Waals surface area (Å²) in [7, 11) is -1.36. The molecule has 0 aromatic carbocycles. The molecule has 6 heteroatoms. The van der Waals surface area contributed by atoms with Gasteiger partial charge in [-0.25, -0.2) is 0 Å². The Bertz CT molecular complexity index is 313. The van der Waals surface area contributed by atoms with E-state index in [1.807, 2.05) is 34.6 Å². The van der Waals surface area contributed by atoms with Gasteiger partial charge in [0.1, 0.15) is 5.95 Å². The standard InChI is InChI=1S/C11H22N2O3Si/c1-7-16-17(8(2)3,9(4)5)10(13-12)11(14)15-6/h8-9H,7H2,1-6H3. The first-order valence-electron chi connectivity index (χ1n) is 5.83. The van der Waals surface area contributed by atoms with Crippen LogP contribution in [0.5, 0.6) is 0 Å². The second-order valence-electron chi connectivity index (χ2n) is 4.48. The van der Waals surface area contributed by atoms with E-state index in [4.69, 9.17) is 9.82 Å². The summed E-state index contributed by atoms with van der Waals surface area (Å²) in [5.74, 6) is -0.602. The van der Waals surface area contributed by atoms with E-state index < -0.39 is 14.3 Å². The Hall–Kier alpha value is -1.06. The Morgan fingerprint density at radius 3 is 2.00 bits per heavy atom. The third kappa shape index (κ3) is 2.99. The Balaban J connectivity index is 5.83. The zero-order valence-electron chi connectivity index (χ0n) is 11.5. The van der Waals surface area contributed by atoms with Gasteiger partial charge in [-0.2, -0.15) is 0 Å². The molecule has 0 saturated heterocycles. The molecular weight excluding hydrogens is 236 g/mol. The van der Waals surface area contributed by atoms with Crippen LogP contribution in [0.2, 0.25) is 11.1 Å². The first-order chi connectivity index (χ1) is 7.88. The number of nitrogens with zero attached hydrogens (tertiary/aromatic N) is 2. The van der Waals surface area contributed by atoms with Crippen LogP contribution in [0.3, 0.4) is 0 Å². The molecule has 0 fully saturated rings. The van der Waals surface area contributed by atoms with Gasteiger partial charge in [0, 0.05) is 6.61 Å². The van der Waals surface area contributed by atoms with Gasteiger partial charge in [0.2, 0.25) is 5.39 Å². The smallest absolute Gasteiger partial charge is 0.379 e. The molecule has 0 heterocycles. The number of ether oxygens (including phenoxy) is 1. The van der Waals surface area contributed by atoms with Crippen molar-refractivity contribution in [3.8, 4) is 0 Å². The van der Waals surface area contributed by atoms with Gasteiger partial charge in [-0.15, -0.1) is 0 Å². The molecule has 0 saturated carbocycles. The van der Waals surface area contributed by atoms with Crippen LogP contribution in [0.15, 0.2) is 11.3 Å². The van der Waals surface area contributed by atoms with E-state index in [2.05, 4.69) is 9.71 Å². The van der Waals surface area contributed by atoms with Crippen LogP contribution in [0, 0.1) is 5.39 Å². The summed E-state index contributed by atoms with van der Waals surface area (Å²) in [4.78, 5) is 3.17. The number of hydrogen-bond donors (Lipinski definition) is 0. The molecule has 0 N–H and O–H groups in total. The molecule has 0 bridgehead atoms. The van der Waals surface area contributed by atoms with Gasteiger partial charge in [0.25, 0.3) is 0 Å². The van der Waals surface area contributed by atoms with Crippen LogP contribution >= 0.6 is 0 Å². The summed E-state index contributed by atoms with van der Waals surface area (Å²) in [6.07, 6.45) is 0. The third-order valence-electron chi connectivity index (χ3n) is 2.95. The van der Waals surface area contributed by atoms with Gasteiger partial charge in [0.15, 0.2) is 4.98 Å². The first kappa shape index (κ1) is 15.9. The van der Waals surface area contributed by atoms with E-state index in [9.17, 15) is 5.11 Å². The van der Waals surface area contributed by atoms with Gasteiger partial charge in [-0.3, -0.25) is 0 Å². The fourth-order valence-electron chi connectivity index (χ4n) is 2.23. The van der Waals surface area contributed by atoms with E-state index in [1.54, 1.807) is 0 Å². The van der Waals surface area contributed by atoms with Crippen molar-refractivity contribution >= 4 is 8.32 Å². The molecule has 98 valence electrons. The van der Waals surface area contributed by atoms with E-state index >= 15 is 0 Å². The van der Waals surface area contributed by atoms with Crippen molar-refractivity contribution in [3.05, 3.63) is 16.2 Å². The molecular formula is C11H22N2O3Si. The van der Waals surface area contributed by atoms with Gasteiger partial charge in [-0.05, 0) is 25.1 Å². The minimum absolute atomic E-state index is 0.0619. The highest BCUT2D eigenvalue weighted by Gasteiger charge is 2.56. The number of rotatable bonds is 6. The van der Waals surface area contributed by atoms with Crippen LogP contribution in [0.25, 0.3) is 4.98 Å². The predicted octanol–water partition coefficient (Wildman–Crippen LogP) is 2.36. The Morgan fingerprint density at radius 1 is 1.29 bits per heavy atom. The van der Waals surface area contributed by atoms with Gasteiger partial charge >= 0.3 is 13.6 Å². The lowest BCUT2D eigenvalue weighted by atomic mass is 10.5. The van der Waals surface area contributed by atoms with E-state index in [0.29, 0.717) is 6.61 Å². The molecule has 0 radical (unpaired) electrons. The lowest BCUT2D eigenvalue weighted by Gasteiger charge is -2.32. The fourth-order valence-corrected chi connectivity index (χ4v) is 6.51. The SMILES string of the molecule is CCO[Si](C([N+]#N)=C([O-])OC)(C(C)C)C(C)C. The van der Waals surface area contributed by atoms with Crippen molar-refractivity contribution in [1.82, 2.24) is 0 Å².